The molecule has 132 heavy (non-hydrogen) atoms. The van der Waals surface area contributed by atoms with Gasteiger partial charge in [0, 0.05) is 74.5 Å². The van der Waals surface area contributed by atoms with Gasteiger partial charge < -0.3 is 9.80 Å². The Labute approximate surface area is 778 Å². The van der Waals surface area contributed by atoms with Gasteiger partial charge in [-0.1, -0.05) is 376 Å². The van der Waals surface area contributed by atoms with E-state index in [9.17, 15) is 0 Å². The number of nitrogens with zero attached hydrogens (tertiary/aromatic N) is 2. The summed E-state index contributed by atoms with van der Waals surface area (Å²) in [5.41, 5.74) is 37.7. The maximum Gasteiger partial charge on any atom is 0.0714 e. The fourth-order valence-corrected chi connectivity index (χ4v) is 23.1. The van der Waals surface area contributed by atoms with Crippen molar-refractivity contribution in [2.75, 3.05) is 9.80 Å². The van der Waals surface area contributed by atoms with E-state index in [1.54, 1.807) is 0 Å². The molecule has 2 aliphatic rings. The van der Waals surface area contributed by atoms with Crippen LogP contribution in [-0.2, 0) is 10.8 Å². The van der Waals surface area contributed by atoms with E-state index < -0.39 is 10.8 Å². The van der Waals surface area contributed by atoms with Crippen LogP contribution in [0.3, 0.4) is 0 Å². The van der Waals surface area contributed by atoms with Crippen LogP contribution in [0.25, 0.3) is 140 Å². The van der Waals surface area contributed by atoms with Gasteiger partial charge in [-0.25, -0.2) is 0 Å². The molecule has 0 atom stereocenters. The number of thiophene rings is 2. The molecule has 0 spiro atoms. The number of benzene rings is 21. The van der Waals surface area contributed by atoms with Gasteiger partial charge in [-0.05, 0) is 290 Å². The van der Waals surface area contributed by atoms with Crippen LogP contribution < -0.4 is 9.80 Å². The molecule has 25 rings (SSSR count). The quantitative estimate of drug-likeness (QED) is 0.0896. The van der Waals surface area contributed by atoms with E-state index in [-0.39, 0.29) is 0 Å². The fraction of sp³-hybridized carbons (Fsp3) is 0.0156. The molecular formula is C128H86N2S2. The second-order valence-corrected chi connectivity index (χ2v) is 36.7. The van der Waals surface area contributed by atoms with Crippen LogP contribution in [0.4, 0.5) is 34.1 Å². The molecule has 0 amide bonds. The minimum absolute atomic E-state index is 0.588. The van der Waals surface area contributed by atoms with Crippen LogP contribution in [0.15, 0.2) is 522 Å². The molecule has 0 fully saturated rings. The van der Waals surface area contributed by atoms with Crippen molar-refractivity contribution in [2.24, 2.45) is 0 Å². The molecule has 2 aliphatic carbocycles. The first-order chi connectivity index (χ1) is 65.4. The molecule has 620 valence electrons. The van der Waals surface area contributed by atoms with Crippen LogP contribution in [0.1, 0.15) is 44.5 Å². The Morgan fingerprint density at radius 3 is 0.689 bits per heavy atom. The zero-order chi connectivity index (χ0) is 87.5. The Morgan fingerprint density at radius 2 is 0.364 bits per heavy atom. The minimum Gasteiger partial charge on any atom is -0.310 e. The van der Waals surface area contributed by atoms with Crippen LogP contribution in [0.5, 0.6) is 0 Å². The van der Waals surface area contributed by atoms with Crippen molar-refractivity contribution in [3.63, 3.8) is 0 Å². The summed E-state index contributed by atoms with van der Waals surface area (Å²) in [4.78, 5) is 4.81. The highest BCUT2D eigenvalue weighted by atomic mass is 32.1. The first-order valence-corrected chi connectivity index (χ1v) is 47.0. The fourth-order valence-electron chi connectivity index (χ4n) is 21.0. The normalized spacial score (nSPS) is 12.5. The molecule has 2 aromatic heterocycles. The molecule has 0 saturated heterocycles. The predicted molar refractivity (Wildman–Crippen MR) is 561 cm³/mol. The molecular weight excluding hydrogens is 1630 g/mol. The van der Waals surface area contributed by atoms with Crippen LogP contribution in [0.2, 0.25) is 0 Å². The van der Waals surface area contributed by atoms with E-state index in [4.69, 9.17) is 0 Å². The molecule has 4 heteroatoms. The first-order valence-electron chi connectivity index (χ1n) is 45.4. The number of anilines is 6. The summed E-state index contributed by atoms with van der Waals surface area (Å²) >= 11 is 3.74. The monoisotopic (exact) mass is 1710 g/mol. The molecule has 21 aromatic carbocycles. The third-order valence-electron chi connectivity index (χ3n) is 27.0. The van der Waals surface area contributed by atoms with E-state index in [0.29, 0.717) is 0 Å². The highest BCUT2D eigenvalue weighted by molar-refractivity contribution is 7.26. The Morgan fingerprint density at radius 1 is 0.136 bits per heavy atom. The van der Waals surface area contributed by atoms with Crippen molar-refractivity contribution in [1.29, 1.82) is 0 Å². The number of para-hydroxylation sites is 1. The summed E-state index contributed by atoms with van der Waals surface area (Å²) in [5.74, 6) is 0. The summed E-state index contributed by atoms with van der Waals surface area (Å²) in [7, 11) is 0. The Hall–Kier alpha value is -16.3. The van der Waals surface area contributed by atoms with Gasteiger partial charge in [0.2, 0.25) is 0 Å². The zero-order valence-electron chi connectivity index (χ0n) is 72.4. The summed E-state index contributed by atoms with van der Waals surface area (Å²) in [6, 6.07) is 192. The molecule has 23 aromatic rings. The highest BCUT2D eigenvalue weighted by Gasteiger charge is 2.48. The van der Waals surface area contributed by atoms with Crippen molar-refractivity contribution < 1.29 is 0 Å². The lowest BCUT2D eigenvalue weighted by Gasteiger charge is -2.35. The first kappa shape index (κ1) is 79.1. The minimum atomic E-state index is -0.605. The number of rotatable bonds is 17. The maximum atomic E-state index is 2.52. The van der Waals surface area contributed by atoms with Crippen molar-refractivity contribution >= 4 is 97.1 Å². The number of hydrogen-bond donors (Lipinski definition) is 0. The van der Waals surface area contributed by atoms with Gasteiger partial charge in [-0.3, -0.25) is 0 Å². The second-order valence-electron chi connectivity index (χ2n) is 34.5. The van der Waals surface area contributed by atoms with Crippen molar-refractivity contribution in [1.82, 2.24) is 0 Å². The lowest BCUT2D eigenvalue weighted by Crippen LogP contribution is -2.28. The zero-order valence-corrected chi connectivity index (χ0v) is 74.0. The SMILES string of the molecule is c1ccc(-c2ccc(N(c3cccc(-c4ccccc4)c3)c3ccc4sc5ccc(C6(c7cc(-c8ccccc8)cc(-c8ccccc8)c7)c7ccccc7-c7ccccc76)cc5c4c3)cc2)cc1.c1ccc(-c2cccc(N(c3ccccc3)c3ccc4sc5ccc(C6(c7cc(-c8ccccc8)cc(-c8ccccc8)c7)c7ccccc7-c7ccccc76)cc5c4c3)c2)cc1. The van der Waals surface area contributed by atoms with Crippen LogP contribution in [-0.4, -0.2) is 0 Å². The van der Waals surface area contributed by atoms with Crippen LogP contribution >= 0.6 is 22.7 Å². The largest absolute Gasteiger partial charge is 0.310 e. The predicted octanol–water partition coefficient (Wildman–Crippen LogP) is 35.4. The number of fused-ring (bicyclic) bond motifs is 12. The molecule has 2 nitrogen and oxygen atoms in total. The van der Waals surface area contributed by atoms with Crippen LogP contribution in [0, 0.1) is 0 Å². The average Bonchev–Trinajstić information content (AvgIpc) is 1.53. The molecule has 0 bridgehead atoms. The van der Waals surface area contributed by atoms with Crippen molar-refractivity contribution in [3.8, 4) is 100 Å². The van der Waals surface area contributed by atoms with Gasteiger partial charge >= 0.3 is 0 Å². The van der Waals surface area contributed by atoms with Gasteiger partial charge in [0.05, 0.1) is 10.8 Å². The standard InChI is InChI=1S/C67H45NS.C61H41NS/c1-5-18-46(19-6-1)50-32-35-56(36-33-50)68(57-27-17-26-51(43-57)47-20-7-2-8-21-47)58-37-39-66-62(45-58)61-44-54(34-38-65(61)69-66)67(63-30-15-13-28-59(63)60-29-14-16-31-64(60)67)55-41-52(48-22-9-3-10-23-48)40-53(42-55)49-24-11-4-12-25-49;1-5-18-42(19-6-1)45-24-17-27-51(39-45)62(50-25-11-4-12-26-50)52-33-35-60-56(41-52)55-40-48(32-34-59(55)63-60)61(57-30-15-13-28-53(57)54-29-14-16-31-58(54)61)49-37-46(43-20-7-2-8-21-43)36-47(38-49)44-22-9-3-10-23-44/h1-45H;1-41H. The van der Waals surface area contributed by atoms with Gasteiger partial charge in [-0.15, -0.1) is 22.7 Å². The Kier molecular flexibility index (Phi) is 20.2. The Bertz CT molecular complexity index is 8030. The highest BCUT2D eigenvalue weighted by Crippen LogP contribution is 2.61. The third-order valence-corrected chi connectivity index (χ3v) is 29.3. The Balaban J connectivity index is 0.000000146. The summed E-state index contributed by atoms with van der Waals surface area (Å²) in [6.45, 7) is 0. The topological polar surface area (TPSA) is 6.48 Å². The van der Waals surface area contributed by atoms with E-state index in [1.807, 2.05) is 22.7 Å². The van der Waals surface area contributed by atoms with E-state index in [2.05, 4.69) is 532 Å². The van der Waals surface area contributed by atoms with Crippen molar-refractivity contribution in [2.45, 2.75) is 10.8 Å². The van der Waals surface area contributed by atoms with E-state index in [0.717, 1.165) is 34.1 Å². The smallest absolute Gasteiger partial charge is 0.0714 e. The van der Waals surface area contributed by atoms with Gasteiger partial charge in [-0.2, -0.15) is 0 Å². The maximum absolute atomic E-state index is 2.52. The van der Waals surface area contributed by atoms with E-state index >= 15 is 0 Å². The molecule has 0 saturated carbocycles. The van der Waals surface area contributed by atoms with Crippen molar-refractivity contribution in [3.05, 3.63) is 566 Å². The lowest BCUT2D eigenvalue weighted by atomic mass is 9.66. The molecule has 0 N–H and O–H groups in total. The molecule has 0 unspecified atom stereocenters. The summed E-state index contributed by atoms with van der Waals surface area (Å²) in [6.07, 6.45) is 0. The molecule has 2 heterocycles. The summed E-state index contributed by atoms with van der Waals surface area (Å²) < 4.78 is 5.09. The van der Waals surface area contributed by atoms with Gasteiger partial charge in [0.25, 0.3) is 0 Å². The van der Waals surface area contributed by atoms with Gasteiger partial charge in [0.1, 0.15) is 0 Å². The lowest BCUT2D eigenvalue weighted by molar-refractivity contribution is 0.771. The summed E-state index contributed by atoms with van der Waals surface area (Å²) in [5, 5.41) is 5.03. The molecule has 0 radical (unpaired) electrons. The van der Waals surface area contributed by atoms with Gasteiger partial charge in [0.15, 0.2) is 0 Å². The van der Waals surface area contributed by atoms with E-state index in [1.165, 1.54) is 185 Å². The average molecular weight is 1720 g/mol. The third kappa shape index (κ3) is 13.9. The number of hydrogen-bond acceptors (Lipinski definition) is 4. The second kappa shape index (κ2) is 33.7. The molecule has 0 aliphatic heterocycles.